The van der Waals surface area contributed by atoms with Gasteiger partial charge in [-0.15, -0.1) is 0 Å². The first-order valence-electron chi connectivity index (χ1n) is 9.74. The van der Waals surface area contributed by atoms with Gasteiger partial charge in [-0.05, 0) is 19.8 Å². The summed E-state index contributed by atoms with van der Waals surface area (Å²) in [5, 5.41) is -0.312. The van der Waals surface area contributed by atoms with Gasteiger partial charge in [-0.1, -0.05) is 62.2 Å². The van der Waals surface area contributed by atoms with E-state index in [0.29, 0.717) is 19.5 Å². The van der Waals surface area contributed by atoms with Crippen LogP contribution in [0.15, 0.2) is 30.3 Å². The van der Waals surface area contributed by atoms with Gasteiger partial charge in [0, 0.05) is 24.3 Å². The quantitative estimate of drug-likeness (QED) is 0.486. The summed E-state index contributed by atoms with van der Waals surface area (Å²) in [6, 6.07) is 9.43. The van der Waals surface area contributed by atoms with Crippen LogP contribution in [0.5, 0.6) is 0 Å². The molecule has 1 aromatic rings. The number of rotatable bonds is 5. The zero-order chi connectivity index (χ0) is 18.8. The second-order valence-corrected chi connectivity index (χ2v) is 8.05. The lowest BCUT2D eigenvalue weighted by Crippen LogP contribution is -2.66. The number of carbonyl (C=O) groups is 3. The third-order valence-electron chi connectivity index (χ3n) is 6.53. The van der Waals surface area contributed by atoms with Crippen LogP contribution in [0.4, 0.5) is 0 Å². The van der Waals surface area contributed by atoms with Gasteiger partial charge in [0.1, 0.15) is 0 Å². The Labute approximate surface area is 161 Å². The summed E-state index contributed by atoms with van der Waals surface area (Å²) in [6.45, 7) is 2.86. The molecule has 5 heteroatoms. The highest BCUT2D eigenvalue weighted by Crippen LogP contribution is 2.47. The highest BCUT2D eigenvalue weighted by Gasteiger charge is 2.64. The number of amides is 1. The first-order chi connectivity index (χ1) is 12.5. The van der Waals surface area contributed by atoms with E-state index in [-0.39, 0.29) is 27.2 Å². The monoisotopic (exact) mass is 374 g/mol. The van der Waals surface area contributed by atoms with Crippen molar-refractivity contribution < 1.29 is 18.9 Å². The SMILES string of the molecule is CC[N+]1(C(=O)C(=O)C2CCCCC2)CCC[C@]1(C(=O)S)c1ccccc1. The van der Waals surface area contributed by atoms with E-state index in [9.17, 15) is 14.4 Å². The van der Waals surface area contributed by atoms with Crippen LogP contribution in [-0.4, -0.2) is 34.4 Å². The fraction of sp³-hybridized carbons (Fsp3) is 0.571. The smallest absolute Gasteiger partial charge is 0.284 e. The molecule has 2 atom stereocenters. The number of hydrogen-bond acceptors (Lipinski definition) is 3. The summed E-state index contributed by atoms with van der Waals surface area (Å²) >= 11 is 4.23. The molecule has 1 heterocycles. The molecule has 1 aliphatic heterocycles. The van der Waals surface area contributed by atoms with E-state index in [4.69, 9.17) is 0 Å². The van der Waals surface area contributed by atoms with Crippen LogP contribution < -0.4 is 0 Å². The van der Waals surface area contributed by atoms with Crippen LogP contribution in [0.1, 0.15) is 57.4 Å². The Hall–Kier alpha value is -1.46. The van der Waals surface area contributed by atoms with E-state index in [1.165, 1.54) is 0 Å². The summed E-state index contributed by atoms with van der Waals surface area (Å²) in [7, 11) is 0. The van der Waals surface area contributed by atoms with Crippen LogP contribution in [-0.2, 0) is 19.9 Å². The molecule has 0 aromatic heterocycles. The van der Waals surface area contributed by atoms with E-state index in [0.717, 1.165) is 44.1 Å². The lowest BCUT2D eigenvalue weighted by molar-refractivity contribution is -0.884. The van der Waals surface area contributed by atoms with E-state index in [1.807, 2.05) is 37.3 Å². The Morgan fingerprint density at radius 2 is 1.73 bits per heavy atom. The summed E-state index contributed by atoms with van der Waals surface area (Å²) in [5.74, 6) is -0.839. The number of nitrogens with zero attached hydrogens (tertiary/aromatic N) is 1. The number of hydrogen-bond donors (Lipinski definition) is 1. The molecule has 4 nitrogen and oxygen atoms in total. The zero-order valence-corrected chi connectivity index (χ0v) is 16.3. The Kier molecular flexibility index (Phi) is 5.68. The summed E-state index contributed by atoms with van der Waals surface area (Å²) in [4.78, 5) is 39.4. The number of ketones is 1. The molecule has 0 N–H and O–H groups in total. The average molecular weight is 375 g/mol. The Balaban J connectivity index is 2.06. The summed E-state index contributed by atoms with van der Waals surface area (Å²) in [6.07, 6.45) is 6.02. The maximum Gasteiger partial charge on any atom is 0.383 e. The van der Waals surface area contributed by atoms with Gasteiger partial charge >= 0.3 is 5.91 Å². The molecule has 2 fully saturated rings. The van der Waals surface area contributed by atoms with E-state index in [1.54, 1.807) is 0 Å². The largest absolute Gasteiger partial charge is 0.383 e. The summed E-state index contributed by atoms with van der Waals surface area (Å²) < 4.78 is -0.103. The number of likely N-dealkylation sites (N-methyl/N-ethyl adjacent to an activating group) is 1. The minimum Gasteiger partial charge on any atom is -0.284 e. The second-order valence-electron chi connectivity index (χ2n) is 7.65. The lowest BCUT2D eigenvalue weighted by atomic mass is 9.82. The van der Waals surface area contributed by atoms with Crippen molar-refractivity contribution >= 4 is 29.4 Å². The molecule has 1 aromatic carbocycles. The number of carbonyl (C=O) groups excluding carboxylic acids is 3. The van der Waals surface area contributed by atoms with Gasteiger partial charge in [0.15, 0.2) is 0 Å². The fourth-order valence-corrected chi connectivity index (χ4v) is 5.56. The van der Waals surface area contributed by atoms with Crippen LogP contribution in [0, 0.1) is 5.92 Å². The maximum atomic E-state index is 13.5. The number of thiol groups is 1. The van der Waals surface area contributed by atoms with Crippen LogP contribution >= 0.6 is 12.6 Å². The molecule has 1 saturated carbocycles. The first kappa shape index (κ1) is 19.3. The van der Waals surface area contributed by atoms with Crippen molar-refractivity contribution in [2.24, 2.45) is 5.92 Å². The minimum absolute atomic E-state index is 0.103. The molecule has 0 spiro atoms. The maximum absolute atomic E-state index is 13.5. The van der Waals surface area contributed by atoms with E-state index >= 15 is 0 Å². The van der Waals surface area contributed by atoms with Crippen molar-refractivity contribution in [3.8, 4) is 0 Å². The third kappa shape index (κ3) is 2.85. The minimum atomic E-state index is -1.06. The zero-order valence-electron chi connectivity index (χ0n) is 15.4. The molecule has 1 saturated heterocycles. The molecule has 1 amide bonds. The molecular weight excluding hydrogens is 346 g/mol. The van der Waals surface area contributed by atoms with Gasteiger partial charge in [0.25, 0.3) is 10.9 Å². The molecule has 26 heavy (non-hydrogen) atoms. The van der Waals surface area contributed by atoms with Crippen molar-refractivity contribution in [3.63, 3.8) is 0 Å². The normalized spacial score (nSPS) is 29.5. The predicted molar refractivity (Wildman–Crippen MR) is 104 cm³/mol. The molecule has 1 aliphatic carbocycles. The average Bonchev–Trinajstić information content (AvgIpc) is 3.10. The summed E-state index contributed by atoms with van der Waals surface area (Å²) in [5.41, 5.74) is -0.260. The second kappa shape index (κ2) is 7.65. The lowest BCUT2D eigenvalue weighted by Gasteiger charge is -2.44. The van der Waals surface area contributed by atoms with Crippen LogP contribution in [0.25, 0.3) is 0 Å². The molecule has 140 valence electrons. The molecule has 0 radical (unpaired) electrons. The number of benzene rings is 1. The van der Waals surface area contributed by atoms with Gasteiger partial charge in [-0.2, -0.15) is 0 Å². The fourth-order valence-electron chi connectivity index (χ4n) is 5.13. The third-order valence-corrected chi connectivity index (χ3v) is 6.90. The first-order valence-corrected chi connectivity index (χ1v) is 10.2. The highest BCUT2D eigenvalue weighted by molar-refractivity contribution is 7.96. The Morgan fingerprint density at radius 3 is 2.31 bits per heavy atom. The molecule has 1 unspecified atom stereocenters. The van der Waals surface area contributed by atoms with E-state index < -0.39 is 5.54 Å². The number of quaternary nitrogens is 1. The van der Waals surface area contributed by atoms with Crippen LogP contribution in [0.3, 0.4) is 0 Å². The highest BCUT2D eigenvalue weighted by atomic mass is 32.1. The molecule has 0 bridgehead atoms. The van der Waals surface area contributed by atoms with Crippen LogP contribution in [0.2, 0.25) is 0 Å². The topological polar surface area (TPSA) is 51.2 Å². The van der Waals surface area contributed by atoms with Crippen molar-refractivity contribution in [1.82, 2.24) is 0 Å². The standard InChI is InChI=1S/C21H27NO3S/c1-2-22(19(24)18(23)16-10-5-3-6-11-16)15-9-14-21(22,20(25)26)17-12-7-4-8-13-17/h4,7-8,12-13,16H,2-3,5-6,9-11,14-15H2,1H3/p+1/t21-,22?/m1/s1. The molecular formula is C21H28NO3S+. The number of likely N-dealkylation sites (tertiary alicyclic amines) is 1. The van der Waals surface area contributed by atoms with Crippen molar-refractivity contribution in [2.45, 2.75) is 57.4 Å². The van der Waals surface area contributed by atoms with Gasteiger partial charge in [0.2, 0.25) is 5.54 Å². The van der Waals surface area contributed by atoms with Crippen molar-refractivity contribution in [2.75, 3.05) is 13.1 Å². The van der Waals surface area contributed by atoms with Gasteiger partial charge < -0.3 is 0 Å². The Bertz CT molecular complexity index is 698. The van der Waals surface area contributed by atoms with Crippen molar-refractivity contribution in [1.29, 1.82) is 0 Å². The predicted octanol–water partition coefficient (Wildman–Crippen LogP) is 3.64. The molecule has 3 rings (SSSR count). The van der Waals surface area contributed by atoms with Crippen molar-refractivity contribution in [3.05, 3.63) is 35.9 Å². The van der Waals surface area contributed by atoms with Gasteiger partial charge in [-0.25, -0.2) is 9.28 Å². The van der Waals surface area contributed by atoms with Gasteiger partial charge in [0.05, 0.1) is 13.1 Å². The van der Waals surface area contributed by atoms with Gasteiger partial charge in [-0.3, -0.25) is 9.59 Å². The van der Waals surface area contributed by atoms with E-state index in [2.05, 4.69) is 12.6 Å². The Morgan fingerprint density at radius 1 is 1.08 bits per heavy atom. The molecule has 2 aliphatic rings. The number of Topliss-reactive ketones (excluding diaryl/α,β-unsaturated/α-hetero) is 1.